The first-order chi connectivity index (χ1) is 13.5. The minimum absolute atomic E-state index is 0.0172. The maximum Gasteiger partial charge on any atom is 0.191 e. The molecule has 0 aromatic heterocycles. The fourth-order valence-corrected chi connectivity index (χ4v) is 3.44. The number of aliphatic imine (C=N–C) groups is 1. The van der Waals surface area contributed by atoms with E-state index in [9.17, 15) is 4.39 Å². The van der Waals surface area contributed by atoms with E-state index in [2.05, 4.69) is 15.6 Å². The zero-order valence-corrected chi connectivity index (χ0v) is 16.9. The lowest BCUT2D eigenvalue weighted by molar-refractivity contribution is 0.394. The van der Waals surface area contributed by atoms with Crippen LogP contribution in [0.5, 0.6) is 11.5 Å². The van der Waals surface area contributed by atoms with Crippen molar-refractivity contribution in [2.24, 2.45) is 4.99 Å². The summed E-state index contributed by atoms with van der Waals surface area (Å²) in [5.74, 6) is 2.06. The second-order valence-electron chi connectivity index (χ2n) is 7.19. The molecule has 1 aliphatic rings. The molecule has 0 aliphatic heterocycles. The molecule has 0 bridgehead atoms. The number of guanidine groups is 1. The van der Waals surface area contributed by atoms with Crippen LogP contribution in [0.4, 0.5) is 4.39 Å². The van der Waals surface area contributed by atoms with Crippen LogP contribution in [0, 0.1) is 5.82 Å². The topological polar surface area (TPSA) is 54.9 Å². The van der Waals surface area contributed by atoms with Crippen LogP contribution in [0.1, 0.15) is 36.9 Å². The third-order valence-electron chi connectivity index (χ3n) is 5.36. The first-order valence-electron chi connectivity index (χ1n) is 9.46. The van der Waals surface area contributed by atoms with Gasteiger partial charge in [-0.2, -0.15) is 0 Å². The van der Waals surface area contributed by atoms with E-state index < -0.39 is 0 Å². The van der Waals surface area contributed by atoms with Crippen molar-refractivity contribution in [3.05, 3.63) is 59.4 Å². The number of hydrogen-bond donors (Lipinski definition) is 2. The smallest absolute Gasteiger partial charge is 0.191 e. The number of halogens is 1. The summed E-state index contributed by atoms with van der Waals surface area (Å²) < 4.78 is 24.4. The molecule has 5 nitrogen and oxygen atoms in total. The van der Waals surface area contributed by atoms with Gasteiger partial charge in [0.05, 0.1) is 20.3 Å². The van der Waals surface area contributed by atoms with Crippen molar-refractivity contribution in [1.82, 2.24) is 10.6 Å². The average Bonchev–Trinajstić information content (AvgIpc) is 3.51. The minimum Gasteiger partial charge on any atom is -0.497 e. The Balaban J connectivity index is 1.67. The zero-order valence-electron chi connectivity index (χ0n) is 16.9. The Bertz CT molecular complexity index is 849. The summed E-state index contributed by atoms with van der Waals surface area (Å²) in [5, 5.41) is 6.80. The number of nitrogens with zero attached hydrogens (tertiary/aromatic N) is 1. The number of benzene rings is 2. The van der Waals surface area contributed by atoms with Crippen molar-refractivity contribution >= 4 is 5.96 Å². The zero-order chi connectivity index (χ0) is 20.1. The molecule has 1 atom stereocenters. The highest BCUT2D eigenvalue weighted by Gasteiger charge is 2.44. The minimum atomic E-state index is -0.190. The highest BCUT2D eigenvalue weighted by atomic mass is 19.1. The maximum atomic E-state index is 13.6. The molecule has 1 aliphatic carbocycles. The summed E-state index contributed by atoms with van der Waals surface area (Å²) in [7, 11) is 5.04. The standard InChI is InChI=1S/C22H28FN3O2/c1-15(19-13-18(27-3)8-9-20(19)28-4)26-21(24-2)25-14-22(10-11-22)16-6-5-7-17(23)12-16/h5-9,12-13,15H,10-11,14H2,1-4H3,(H2,24,25,26). The summed E-state index contributed by atoms with van der Waals surface area (Å²) in [6.45, 7) is 2.75. The summed E-state index contributed by atoms with van der Waals surface area (Å²) in [5.41, 5.74) is 2.01. The summed E-state index contributed by atoms with van der Waals surface area (Å²) >= 11 is 0. The third-order valence-corrected chi connectivity index (χ3v) is 5.36. The van der Waals surface area contributed by atoms with Gasteiger partial charge in [-0.05, 0) is 55.7 Å². The van der Waals surface area contributed by atoms with Gasteiger partial charge in [0, 0.05) is 24.6 Å². The second kappa shape index (κ2) is 8.50. The Morgan fingerprint density at radius 3 is 2.57 bits per heavy atom. The van der Waals surface area contributed by atoms with Gasteiger partial charge in [0.25, 0.3) is 0 Å². The summed E-state index contributed by atoms with van der Waals surface area (Å²) in [6.07, 6.45) is 2.08. The Hall–Kier alpha value is -2.76. The van der Waals surface area contributed by atoms with Crippen molar-refractivity contribution in [2.45, 2.75) is 31.2 Å². The Morgan fingerprint density at radius 1 is 1.18 bits per heavy atom. The van der Waals surface area contributed by atoms with Gasteiger partial charge in [0.1, 0.15) is 17.3 Å². The molecule has 2 N–H and O–H groups in total. The first kappa shape index (κ1) is 20.0. The monoisotopic (exact) mass is 385 g/mol. The van der Waals surface area contributed by atoms with E-state index in [1.165, 1.54) is 6.07 Å². The van der Waals surface area contributed by atoms with Gasteiger partial charge in [-0.25, -0.2) is 4.39 Å². The van der Waals surface area contributed by atoms with Crippen LogP contribution in [0.2, 0.25) is 0 Å². The van der Waals surface area contributed by atoms with E-state index in [1.54, 1.807) is 33.4 Å². The fourth-order valence-electron chi connectivity index (χ4n) is 3.44. The van der Waals surface area contributed by atoms with Gasteiger partial charge in [-0.3, -0.25) is 4.99 Å². The Morgan fingerprint density at radius 2 is 1.96 bits per heavy atom. The molecule has 0 radical (unpaired) electrons. The van der Waals surface area contributed by atoms with Gasteiger partial charge in [0.2, 0.25) is 0 Å². The normalized spacial score (nSPS) is 16.2. The van der Waals surface area contributed by atoms with Crippen LogP contribution < -0.4 is 20.1 Å². The third kappa shape index (κ3) is 4.38. The van der Waals surface area contributed by atoms with E-state index in [4.69, 9.17) is 9.47 Å². The number of methoxy groups -OCH3 is 2. The van der Waals surface area contributed by atoms with Gasteiger partial charge in [-0.15, -0.1) is 0 Å². The second-order valence-corrected chi connectivity index (χ2v) is 7.19. The van der Waals surface area contributed by atoms with E-state index in [0.717, 1.165) is 35.5 Å². The summed E-state index contributed by atoms with van der Waals surface area (Å²) in [4.78, 5) is 4.34. The van der Waals surface area contributed by atoms with Crippen LogP contribution in [-0.4, -0.2) is 33.8 Å². The van der Waals surface area contributed by atoms with Gasteiger partial charge < -0.3 is 20.1 Å². The van der Waals surface area contributed by atoms with E-state index in [1.807, 2.05) is 31.2 Å². The van der Waals surface area contributed by atoms with E-state index >= 15 is 0 Å². The SMILES string of the molecule is CN=C(NCC1(c2cccc(F)c2)CC1)NC(C)c1cc(OC)ccc1OC. The van der Waals surface area contributed by atoms with Crippen LogP contribution in [0.25, 0.3) is 0 Å². The predicted octanol–water partition coefficient (Wildman–Crippen LogP) is 3.80. The molecule has 2 aromatic rings. The van der Waals surface area contributed by atoms with E-state index in [0.29, 0.717) is 12.5 Å². The van der Waals surface area contributed by atoms with Crippen molar-refractivity contribution in [3.63, 3.8) is 0 Å². The van der Waals surface area contributed by atoms with Crippen LogP contribution in [-0.2, 0) is 5.41 Å². The molecular formula is C22H28FN3O2. The summed E-state index contributed by atoms with van der Waals surface area (Å²) in [6, 6.07) is 12.6. The largest absolute Gasteiger partial charge is 0.497 e. The van der Waals surface area contributed by atoms with Crippen LogP contribution in [0.3, 0.4) is 0 Å². The molecule has 0 saturated heterocycles. The number of nitrogens with one attached hydrogen (secondary N) is 2. The van der Waals surface area contributed by atoms with Crippen LogP contribution >= 0.6 is 0 Å². The van der Waals surface area contributed by atoms with Crippen LogP contribution in [0.15, 0.2) is 47.5 Å². The molecule has 1 unspecified atom stereocenters. The molecule has 1 saturated carbocycles. The first-order valence-corrected chi connectivity index (χ1v) is 9.46. The molecule has 0 amide bonds. The number of rotatable bonds is 7. The Labute approximate surface area is 166 Å². The highest BCUT2D eigenvalue weighted by Crippen LogP contribution is 2.47. The quantitative estimate of drug-likeness (QED) is 0.562. The molecule has 0 spiro atoms. The molecule has 28 heavy (non-hydrogen) atoms. The molecule has 1 fully saturated rings. The number of hydrogen-bond acceptors (Lipinski definition) is 3. The lowest BCUT2D eigenvalue weighted by Gasteiger charge is -2.23. The van der Waals surface area contributed by atoms with Gasteiger partial charge in [0.15, 0.2) is 5.96 Å². The maximum absolute atomic E-state index is 13.6. The van der Waals surface area contributed by atoms with E-state index in [-0.39, 0.29) is 17.3 Å². The molecule has 150 valence electrons. The fraction of sp³-hybridized carbons (Fsp3) is 0.409. The molecule has 6 heteroatoms. The average molecular weight is 385 g/mol. The highest BCUT2D eigenvalue weighted by molar-refractivity contribution is 5.80. The lowest BCUT2D eigenvalue weighted by atomic mass is 9.96. The predicted molar refractivity (Wildman–Crippen MR) is 110 cm³/mol. The molecular weight excluding hydrogens is 357 g/mol. The van der Waals surface area contributed by atoms with Crippen molar-refractivity contribution in [1.29, 1.82) is 0 Å². The van der Waals surface area contributed by atoms with Crippen molar-refractivity contribution in [2.75, 3.05) is 27.8 Å². The molecule has 0 heterocycles. The lowest BCUT2D eigenvalue weighted by Crippen LogP contribution is -2.42. The van der Waals surface area contributed by atoms with Gasteiger partial charge >= 0.3 is 0 Å². The number of ether oxygens (including phenoxy) is 2. The van der Waals surface area contributed by atoms with Crippen molar-refractivity contribution in [3.8, 4) is 11.5 Å². The van der Waals surface area contributed by atoms with Crippen molar-refractivity contribution < 1.29 is 13.9 Å². The Kier molecular flexibility index (Phi) is 6.07. The molecule has 3 rings (SSSR count). The van der Waals surface area contributed by atoms with Gasteiger partial charge in [-0.1, -0.05) is 12.1 Å². The molecule has 2 aromatic carbocycles.